The van der Waals surface area contributed by atoms with E-state index >= 15 is 0 Å². The average Bonchev–Trinajstić information content (AvgIpc) is 2.26. The Morgan fingerprint density at radius 3 is 2.80 bits per heavy atom. The highest BCUT2D eigenvalue weighted by Crippen LogP contribution is 2.18. The van der Waals surface area contributed by atoms with Crippen molar-refractivity contribution in [3.63, 3.8) is 0 Å². The molecule has 1 aromatic rings. The molecule has 0 aromatic heterocycles. The van der Waals surface area contributed by atoms with Gasteiger partial charge in [0.25, 0.3) is 5.69 Å². The van der Waals surface area contributed by atoms with Crippen LogP contribution in [-0.4, -0.2) is 16.6 Å². The number of benzene rings is 1. The number of aliphatic hydroxyl groups is 1. The van der Waals surface area contributed by atoms with Gasteiger partial charge in [-0.3, -0.25) is 10.1 Å². The van der Waals surface area contributed by atoms with Gasteiger partial charge in [-0.2, -0.15) is 5.26 Å². The second-order valence-electron chi connectivity index (χ2n) is 2.56. The van der Waals surface area contributed by atoms with Gasteiger partial charge < -0.3 is 5.11 Å². The Labute approximate surface area is 85.7 Å². The molecule has 5 heteroatoms. The first kappa shape index (κ1) is 10.7. The number of hydrogen-bond donors (Lipinski definition) is 1. The van der Waals surface area contributed by atoms with Crippen LogP contribution in [0.1, 0.15) is 11.1 Å². The van der Waals surface area contributed by atoms with Gasteiger partial charge in [0.2, 0.25) is 0 Å². The summed E-state index contributed by atoms with van der Waals surface area (Å²) in [6, 6.07) is 5.78. The zero-order valence-corrected chi connectivity index (χ0v) is 7.60. The Morgan fingerprint density at radius 2 is 2.27 bits per heavy atom. The monoisotopic (exact) mass is 202 g/mol. The highest BCUT2D eigenvalue weighted by atomic mass is 16.6. The number of hydrogen-bond acceptors (Lipinski definition) is 4. The molecule has 1 aromatic carbocycles. The fourth-order valence-electron chi connectivity index (χ4n) is 0.993. The molecule has 0 atom stereocenters. The van der Waals surface area contributed by atoms with Crippen molar-refractivity contribution >= 4 is 5.69 Å². The van der Waals surface area contributed by atoms with Crippen molar-refractivity contribution < 1.29 is 10.0 Å². The Bertz CT molecular complexity index is 492. The summed E-state index contributed by atoms with van der Waals surface area (Å²) in [5.41, 5.74) is 0.166. The lowest BCUT2D eigenvalue weighted by Crippen LogP contribution is -1.93. The molecular weight excluding hydrogens is 196 g/mol. The number of nitrogens with zero attached hydrogens (tertiary/aromatic N) is 2. The molecule has 1 rings (SSSR count). The molecule has 0 saturated heterocycles. The van der Waals surface area contributed by atoms with Gasteiger partial charge in [0, 0.05) is 6.07 Å². The van der Waals surface area contributed by atoms with Gasteiger partial charge in [0.15, 0.2) is 0 Å². The summed E-state index contributed by atoms with van der Waals surface area (Å²) in [7, 11) is 0. The molecule has 0 aliphatic heterocycles. The lowest BCUT2D eigenvalue weighted by atomic mass is 10.1. The highest BCUT2D eigenvalue weighted by Gasteiger charge is 2.12. The second kappa shape index (κ2) is 4.75. The number of nitro benzene ring substituents is 1. The lowest BCUT2D eigenvalue weighted by molar-refractivity contribution is -0.385. The molecule has 5 nitrogen and oxygen atoms in total. The van der Waals surface area contributed by atoms with Crippen molar-refractivity contribution in [2.24, 2.45) is 0 Å². The van der Waals surface area contributed by atoms with Crippen LogP contribution in [-0.2, 0) is 0 Å². The summed E-state index contributed by atoms with van der Waals surface area (Å²) in [5.74, 6) is 4.76. The minimum absolute atomic E-state index is 0.188. The normalized spacial score (nSPS) is 8.53. The molecule has 0 amide bonds. The third kappa shape index (κ3) is 2.53. The maximum absolute atomic E-state index is 10.6. The molecule has 74 valence electrons. The number of rotatable bonds is 1. The van der Waals surface area contributed by atoms with Crippen molar-refractivity contribution in [2.75, 3.05) is 6.61 Å². The van der Waals surface area contributed by atoms with E-state index in [1.165, 1.54) is 12.1 Å². The maximum Gasteiger partial charge on any atom is 0.286 e. The molecular formula is C10H6N2O3. The lowest BCUT2D eigenvalue weighted by Gasteiger charge is -1.95. The van der Waals surface area contributed by atoms with Gasteiger partial charge in [0.05, 0.1) is 16.6 Å². The Kier molecular flexibility index (Phi) is 3.39. The minimum atomic E-state index is -0.609. The first-order valence-electron chi connectivity index (χ1n) is 3.97. The molecule has 0 spiro atoms. The van der Waals surface area contributed by atoms with Crippen LogP contribution in [0.2, 0.25) is 0 Å². The predicted molar refractivity (Wildman–Crippen MR) is 51.8 cm³/mol. The summed E-state index contributed by atoms with van der Waals surface area (Å²) >= 11 is 0. The first-order valence-corrected chi connectivity index (χ1v) is 3.97. The van der Waals surface area contributed by atoms with Crippen molar-refractivity contribution in [1.82, 2.24) is 0 Å². The molecule has 0 aliphatic carbocycles. The van der Waals surface area contributed by atoms with Crippen LogP contribution in [0, 0.1) is 33.3 Å². The molecule has 0 fully saturated rings. The number of nitro groups is 1. The molecule has 0 heterocycles. The SMILES string of the molecule is N#Cc1ccc(C#CCO)c([N+](=O)[O-])c1. The largest absolute Gasteiger partial charge is 0.384 e. The van der Waals surface area contributed by atoms with Crippen LogP contribution in [0.5, 0.6) is 0 Å². The van der Waals surface area contributed by atoms with Crippen LogP contribution in [0.15, 0.2) is 18.2 Å². The van der Waals surface area contributed by atoms with E-state index in [2.05, 4.69) is 11.8 Å². The fraction of sp³-hybridized carbons (Fsp3) is 0.100. The van der Waals surface area contributed by atoms with Crippen LogP contribution in [0.4, 0.5) is 5.69 Å². The van der Waals surface area contributed by atoms with Crippen molar-refractivity contribution in [3.8, 4) is 17.9 Å². The topological polar surface area (TPSA) is 87.2 Å². The molecule has 0 radical (unpaired) electrons. The third-order valence-corrected chi connectivity index (χ3v) is 1.63. The first-order chi connectivity index (χ1) is 7.19. The summed E-state index contributed by atoms with van der Waals surface area (Å²) < 4.78 is 0. The van der Waals surface area contributed by atoms with E-state index in [9.17, 15) is 10.1 Å². The molecule has 0 unspecified atom stereocenters. The van der Waals surface area contributed by atoms with E-state index in [0.29, 0.717) is 0 Å². The van der Waals surface area contributed by atoms with E-state index in [0.717, 1.165) is 6.07 Å². The molecule has 0 aliphatic rings. The van der Waals surface area contributed by atoms with E-state index in [4.69, 9.17) is 10.4 Å². The minimum Gasteiger partial charge on any atom is -0.384 e. The summed E-state index contributed by atoms with van der Waals surface area (Å²) in [6.45, 7) is -0.364. The fourth-order valence-corrected chi connectivity index (χ4v) is 0.993. The van der Waals surface area contributed by atoms with Crippen molar-refractivity contribution in [1.29, 1.82) is 5.26 Å². The van der Waals surface area contributed by atoms with Gasteiger partial charge in [-0.05, 0) is 12.1 Å². The zero-order valence-electron chi connectivity index (χ0n) is 7.60. The number of nitriles is 1. The van der Waals surface area contributed by atoms with Gasteiger partial charge in [0.1, 0.15) is 12.2 Å². The standard InChI is InChI=1S/C10H6N2O3/c11-7-8-3-4-9(2-1-5-13)10(6-8)12(14)15/h3-4,6,13H,5H2. The van der Waals surface area contributed by atoms with Gasteiger partial charge >= 0.3 is 0 Å². The second-order valence-corrected chi connectivity index (χ2v) is 2.56. The highest BCUT2D eigenvalue weighted by molar-refractivity contribution is 5.54. The van der Waals surface area contributed by atoms with Crippen LogP contribution >= 0.6 is 0 Å². The van der Waals surface area contributed by atoms with E-state index in [-0.39, 0.29) is 23.4 Å². The summed E-state index contributed by atoms with van der Waals surface area (Å²) in [5, 5.41) is 27.6. The van der Waals surface area contributed by atoms with Crippen LogP contribution < -0.4 is 0 Å². The summed E-state index contributed by atoms with van der Waals surface area (Å²) in [4.78, 5) is 10.0. The summed E-state index contributed by atoms with van der Waals surface area (Å²) in [6.07, 6.45) is 0. The third-order valence-electron chi connectivity index (χ3n) is 1.63. The van der Waals surface area contributed by atoms with Gasteiger partial charge in [-0.1, -0.05) is 11.8 Å². The number of aliphatic hydroxyl groups excluding tert-OH is 1. The molecule has 0 bridgehead atoms. The molecule has 0 saturated carbocycles. The molecule has 15 heavy (non-hydrogen) atoms. The van der Waals surface area contributed by atoms with E-state index < -0.39 is 4.92 Å². The Balaban J connectivity index is 3.29. The smallest absolute Gasteiger partial charge is 0.286 e. The van der Waals surface area contributed by atoms with Crippen molar-refractivity contribution in [3.05, 3.63) is 39.4 Å². The molecule has 1 N–H and O–H groups in total. The van der Waals surface area contributed by atoms with Crippen LogP contribution in [0.25, 0.3) is 0 Å². The Morgan fingerprint density at radius 1 is 1.53 bits per heavy atom. The van der Waals surface area contributed by atoms with E-state index in [1.807, 2.05) is 0 Å². The van der Waals surface area contributed by atoms with Crippen molar-refractivity contribution in [2.45, 2.75) is 0 Å². The predicted octanol–water partition coefficient (Wildman–Crippen LogP) is 0.810. The average molecular weight is 202 g/mol. The van der Waals surface area contributed by atoms with Crippen LogP contribution in [0.3, 0.4) is 0 Å². The van der Waals surface area contributed by atoms with E-state index in [1.54, 1.807) is 6.07 Å². The van der Waals surface area contributed by atoms with Gasteiger partial charge in [-0.15, -0.1) is 0 Å². The Hall–Kier alpha value is -2.37. The maximum atomic E-state index is 10.6. The quantitative estimate of drug-likeness (QED) is 0.414. The zero-order chi connectivity index (χ0) is 11.3. The van der Waals surface area contributed by atoms with Gasteiger partial charge in [-0.25, -0.2) is 0 Å².